The SMILES string of the molecule is CCCCCCCCC(CCCCCC(O)CC)S(=O)(=O)[O-].[Na+]. The second-order valence-corrected chi connectivity index (χ2v) is 8.02. The minimum Gasteiger partial charge on any atom is -0.748 e. The molecule has 6 heteroatoms. The van der Waals surface area contributed by atoms with Crippen LogP contribution in [-0.2, 0) is 10.1 Å². The largest absolute Gasteiger partial charge is 1.00 e. The fraction of sp³-hybridized carbons (Fsp3) is 1.00. The van der Waals surface area contributed by atoms with Crippen molar-refractivity contribution in [3.05, 3.63) is 0 Å². The van der Waals surface area contributed by atoms with Crippen LogP contribution in [0.4, 0.5) is 0 Å². The van der Waals surface area contributed by atoms with Gasteiger partial charge in [-0.3, -0.25) is 0 Å². The van der Waals surface area contributed by atoms with Gasteiger partial charge in [0.1, 0.15) is 0 Å². The second kappa shape index (κ2) is 16.3. The Morgan fingerprint density at radius 3 is 1.74 bits per heavy atom. The van der Waals surface area contributed by atoms with Crippen LogP contribution in [0, 0.1) is 0 Å². The zero-order valence-electron chi connectivity index (χ0n) is 15.4. The summed E-state index contributed by atoms with van der Waals surface area (Å²) in [6.45, 7) is 4.12. The van der Waals surface area contributed by atoms with E-state index in [-0.39, 0.29) is 35.7 Å². The molecule has 0 spiro atoms. The average molecular weight is 359 g/mol. The van der Waals surface area contributed by atoms with Gasteiger partial charge in [-0.1, -0.05) is 71.6 Å². The maximum atomic E-state index is 11.3. The Bertz CT molecular complexity index is 347. The zero-order valence-corrected chi connectivity index (χ0v) is 18.2. The van der Waals surface area contributed by atoms with Crippen molar-refractivity contribution >= 4 is 10.1 Å². The van der Waals surface area contributed by atoms with Gasteiger partial charge in [-0.25, -0.2) is 8.42 Å². The Hall–Kier alpha value is 0.870. The van der Waals surface area contributed by atoms with Crippen LogP contribution in [0.25, 0.3) is 0 Å². The third kappa shape index (κ3) is 16.1. The topological polar surface area (TPSA) is 77.4 Å². The Balaban J connectivity index is 0. The smallest absolute Gasteiger partial charge is 0.748 e. The Morgan fingerprint density at radius 2 is 1.26 bits per heavy atom. The zero-order chi connectivity index (χ0) is 16.8. The van der Waals surface area contributed by atoms with Crippen LogP contribution in [0.3, 0.4) is 0 Å². The van der Waals surface area contributed by atoms with Crippen LogP contribution in [0.1, 0.15) is 97.3 Å². The van der Waals surface area contributed by atoms with Crippen molar-refractivity contribution in [3.8, 4) is 0 Å². The summed E-state index contributed by atoms with van der Waals surface area (Å²) in [4.78, 5) is 0. The standard InChI is InChI=1S/C17H36O4S.Na/c1-3-5-6-7-8-11-14-17(22(19,20)21)15-12-9-10-13-16(18)4-2;/h16-18H,3-15H2,1-2H3,(H,19,20,21);/q;+1/p-1. The van der Waals surface area contributed by atoms with Gasteiger partial charge in [0.2, 0.25) is 0 Å². The molecule has 0 aliphatic rings. The van der Waals surface area contributed by atoms with Gasteiger partial charge >= 0.3 is 29.6 Å². The van der Waals surface area contributed by atoms with Crippen molar-refractivity contribution < 1.29 is 47.6 Å². The molecule has 0 aromatic heterocycles. The average Bonchev–Trinajstić information content (AvgIpc) is 2.46. The molecule has 0 saturated carbocycles. The summed E-state index contributed by atoms with van der Waals surface area (Å²) in [5.41, 5.74) is 0. The number of hydrogen-bond donors (Lipinski definition) is 1. The fourth-order valence-corrected chi connectivity index (χ4v) is 3.63. The van der Waals surface area contributed by atoms with Gasteiger partial charge < -0.3 is 9.66 Å². The van der Waals surface area contributed by atoms with Crippen LogP contribution >= 0.6 is 0 Å². The molecule has 0 aromatic carbocycles. The maximum Gasteiger partial charge on any atom is 1.00 e. The molecule has 0 aliphatic carbocycles. The molecule has 0 aliphatic heterocycles. The summed E-state index contributed by atoms with van der Waals surface area (Å²) in [6, 6.07) is 0. The molecule has 0 radical (unpaired) electrons. The normalized spacial score (nSPS) is 14.3. The van der Waals surface area contributed by atoms with E-state index in [0.717, 1.165) is 51.4 Å². The van der Waals surface area contributed by atoms with Crippen LogP contribution in [0.2, 0.25) is 0 Å². The number of unbranched alkanes of at least 4 members (excludes halogenated alkanes) is 7. The Morgan fingerprint density at radius 1 is 0.826 bits per heavy atom. The summed E-state index contributed by atoms with van der Waals surface area (Å²) >= 11 is 0. The molecular weight excluding hydrogens is 323 g/mol. The monoisotopic (exact) mass is 358 g/mol. The molecule has 0 amide bonds. The predicted molar refractivity (Wildman–Crippen MR) is 90.9 cm³/mol. The predicted octanol–water partition coefficient (Wildman–Crippen LogP) is 1.38. The summed E-state index contributed by atoms with van der Waals surface area (Å²) in [7, 11) is -4.17. The minimum atomic E-state index is -4.17. The first-order chi connectivity index (χ1) is 10.4. The van der Waals surface area contributed by atoms with E-state index in [9.17, 15) is 18.1 Å². The van der Waals surface area contributed by atoms with Crippen LogP contribution in [-0.4, -0.2) is 29.4 Å². The number of rotatable bonds is 15. The van der Waals surface area contributed by atoms with E-state index in [1.54, 1.807) is 0 Å². The quantitative estimate of drug-likeness (QED) is 0.272. The van der Waals surface area contributed by atoms with E-state index < -0.39 is 15.4 Å². The van der Waals surface area contributed by atoms with Crippen LogP contribution in [0.15, 0.2) is 0 Å². The first-order valence-corrected chi connectivity index (χ1v) is 10.5. The Kier molecular flexibility index (Phi) is 18.5. The van der Waals surface area contributed by atoms with Gasteiger partial charge in [-0.2, -0.15) is 0 Å². The second-order valence-electron chi connectivity index (χ2n) is 6.37. The van der Waals surface area contributed by atoms with E-state index in [1.165, 1.54) is 19.3 Å². The molecule has 0 aromatic rings. The molecule has 0 fully saturated rings. The minimum absolute atomic E-state index is 0. The van der Waals surface area contributed by atoms with Crippen molar-refractivity contribution in [1.29, 1.82) is 0 Å². The Labute approximate surface area is 165 Å². The van der Waals surface area contributed by atoms with Crippen molar-refractivity contribution in [2.75, 3.05) is 0 Å². The molecule has 1 N–H and O–H groups in total. The van der Waals surface area contributed by atoms with Gasteiger partial charge in [0, 0.05) is 5.25 Å². The molecule has 4 nitrogen and oxygen atoms in total. The summed E-state index contributed by atoms with van der Waals surface area (Å²) < 4.78 is 34.0. The van der Waals surface area contributed by atoms with Gasteiger partial charge in [-0.05, 0) is 25.7 Å². The van der Waals surface area contributed by atoms with Crippen LogP contribution < -0.4 is 29.6 Å². The van der Waals surface area contributed by atoms with E-state index in [0.29, 0.717) is 12.8 Å². The van der Waals surface area contributed by atoms with E-state index in [2.05, 4.69) is 6.92 Å². The van der Waals surface area contributed by atoms with E-state index in [4.69, 9.17) is 0 Å². The third-order valence-electron chi connectivity index (χ3n) is 4.32. The van der Waals surface area contributed by atoms with E-state index in [1.807, 2.05) is 6.92 Å². The van der Waals surface area contributed by atoms with Crippen LogP contribution in [0.5, 0.6) is 0 Å². The van der Waals surface area contributed by atoms with E-state index >= 15 is 0 Å². The first-order valence-electron chi connectivity index (χ1n) is 9.04. The molecule has 0 bridgehead atoms. The molecule has 0 saturated heterocycles. The van der Waals surface area contributed by atoms with Crippen molar-refractivity contribution in [2.24, 2.45) is 0 Å². The molecule has 2 atom stereocenters. The van der Waals surface area contributed by atoms with Crippen molar-refractivity contribution in [1.82, 2.24) is 0 Å². The van der Waals surface area contributed by atoms with Gasteiger partial charge in [0.05, 0.1) is 16.2 Å². The third-order valence-corrected chi connectivity index (χ3v) is 5.61. The number of aliphatic hydroxyl groups is 1. The van der Waals surface area contributed by atoms with Crippen molar-refractivity contribution in [2.45, 2.75) is 109 Å². The molecule has 0 heterocycles. The van der Waals surface area contributed by atoms with Gasteiger partial charge in [0.15, 0.2) is 0 Å². The van der Waals surface area contributed by atoms with Crippen molar-refractivity contribution in [3.63, 3.8) is 0 Å². The number of aliphatic hydroxyl groups excluding tert-OH is 1. The van der Waals surface area contributed by atoms with Gasteiger partial charge in [0.25, 0.3) is 0 Å². The molecule has 2 unspecified atom stereocenters. The van der Waals surface area contributed by atoms with Gasteiger partial charge in [-0.15, -0.1) is 0 Å². The fourth-order valence-electron chi connectivity index (χ4n) is 2.72. The maximum absolute atomic E-state index is 11.3. The summed E-state index contributed by atoms with van der Waals surface area (Å²) in [6.07, 6.45) is 11.4. The molecule has 0 rings (SSSR count). The first kappa shape index (κ1) is 26.1. The summed E-state index contributed by atoms with van der Waals surface area (Å²) in [5.74, 6) is 0. The molecular formula is C17H35NaO4S. The summed E-state index contributed by atoms with van der Waals surface area (Å²) in [5, 5.41) is 8.74. The number of hydrogen-bond acceptors (Lipinski definition) is 4. The molecule has 134 valence electrons. The molecule has 23 heavy (non-hydrogen) atoms.